The third-order valence-electron chi connectivity index (χ3n) is 3.58. The number of carbonyl (C=O) groups excluding carboxylic acids is 2. The second-order valence-electron chi connectivity index (χ2n) is 5.49. The lowest BCUT2D eigenvalue weighted by Gasteiger charge is -2.34. The molecular formula is C15H18F2O3S. The summed E-state index contributed by atoms with van der Waals surface area (Å²) in [6.07, 6.45) is -0.122. The first-order chi connectivity index (χ1) is 9.82. The van der Waals surface area contributed by atoms with E-state index in [1.165, 1.54) is 11.3 Å². The molecule has 0 spiro atoms. The molecule has 0 aromatic carbocycles. The van der Waals surface area contributed by atoms with Crippen LogP contribution in [-0.2, 0) is 16.0 Å². The van der Waals surface area contributed by atoms with Crippen LogP contribution in [0.2, 0.25) is 0 Å². The van der Waals surface area contributed by atoms with E-state index < -0.39 is 11.9 Å². The van der Waals surface area contributed by atoms with Crippen molar-refractivity contribution in [3.63, 3.8) is 0 Å². The molecule has 2 rings (SSSR count). The number of ketones is 1. The second-order valence-corrected chi connectivity index (χ2v) is 6.45. The maximum absolute atomic E-state index is 12.8. The van der Waals surface area contributed by atoms with Gasteiger partial charge in [0.05, 0.1) is 12.2 Å². The quantitative estimate of drug-likeness (QED) is 0.750. The van der Waals surface area contributed by atoms with Crippen molar-refractivity contribution in [1.29, 1.82) is 0 Å². The minimum Gasteiger partial charge on any atom is -0.462 e. The molecule has 1 heterocycles. The molecule has 6 heteroatoms. The topological polar surface area (TPSA) is 43.4 Å². The third-order valence-corrected chi connectivity index (χ3v) is 4.68. The van der Waals surface area contributed by atoms with E-state index in [4.69, 9.17) is 4.74 Å². The fourth-order valence-electron chi connectivity index (χ4n) is 2.61. The molecular weight excluding hydrogens is 298 g/mol. The number of hydrogen-bond donors (Lipinski definition) is 0. The van der Waals surface area contributed by atoms with E-state index in [0.717, 1.165) is 5.56 Å². The van der Waals surface area contributed by atoms with Gasteiger partial charge in [-0.05, 0) is 30.7 Å². The van der Waals surface area contributed by atoms with Crippen LogP contribution in [0.4, 0.5) is 8.78 Å². The van der Waals surface area contributed by atoms with Crippen LogP contribution in [0.15, 0.2) is 5.38 Å². The van der Waals surface area contributed by atoms with Crippen molar-refractivity contribution in [2.24, 2.45) is 5.92 Å². The van der Waals surface area contributed by atoms with E-state index >= 15 is 0 Å². The summed E-state index contributed by atoms with van der Waals surface area (Å²) in [4.78, 5) is 24.5. The molecule has 1 fully saturated rings. The lowest BCUT2D eigenvalue weighted by atomic mass is 9.78. The molecule has 1 aliphatic rings. The molecule has 0 unspecified atom stereocenters. The van der Waals surface area contributed by atoms with Crippen molar-refractivity contribution in [3.05, 3.63) is 21.4 Å². The van der Waals surface area contributed by atoms with Gasteiger partial charge in [0.1, 0.15) is 5.78 Å². The van der Waals surface area contributed by atoms with Crippen LogP contribution in [0.25, 0.3) is 0 Å². The van der Waals surface area contributed by atoms with Gasteiger partial charge >= 0.3 is 5.97 Å². The van der Waals surface area contributed by atoms with Gasteiger partial charge in [0.15, 0.2) is 0 Å². The smallest absolute Gasteiger partial charge is 0.339 e. The summed E-state index contributed by atoms with van der Waals surface area (Å²) in [7, 11) is 0. The van der Waals surface area contributed by atoms with Gasteiger partial charge in [0.25, 0.3) is 0 Å². The molecule has 1 aliphatic carbocycles. The van der Waals surface area contributed by atoms with Crippen molar-refractivity contribution in [3.8, 4) is 0 Å². The van der Waals surface area contributed by atoms with E-state index in [0.29, 0.717) is 10.4 Å². The summed E-state index contributed by atoms with van der Waals surface area (Å²) in [6.45, 7) is 3.79. The van der Waals surface area contributed by atoms with Gasteiger partial charge in [0, 0.05) is 30.6 Å². The average Bonchev–Trinajstić information content (AvgIpc) is 2.68. The van der Waals surface area contributed by atoms with Gasteiger partial charge in [-0.3, -0.25) is 4.79 Å². The first-order valence-corrected chi connectivity index (χ1v) is 7.84. The zero-order chi connectivity index (χ0) is 15.6. The van der Waals surface area contributed by atoms with Gasteiger partial charge in [-0.25, -0.2) is 13.6 Å². The van der Waals surface area contributed by atoms with Crippen LogP contribution in [-0.4, -0.2) is 24.3 Å². The Morgan fingerprint density at radius 1 is 1.43 bits per heavy atom. The molecule has 0 N–H and O–H groups in total. The molecule has 1 aromatic rings. The second kappa shape index (κ2) is 6.22. The summed E-state index contributed by atoms with van der Waals surface area (Å²) in [5.74, 6) is -3.34. The Balaban J connectivity index is 1.97. The standard InChI is InChI=1S/C15H18F2O3S/c1-3-20-14(19)13-9(2)8-21-12(13)5-11(18)4-10-6-15(16,17)7-10/h8,10H,3-7H2,1-2H3. The number of aryl methyl sites for hydroxylation is 1. The van der Waals surface area contributed by atoms with Gasteiger partial charge in [-0.1, -0.05) is 0 Å². The number of halogens is 2. The van der Waals surface area contributed by atoms with Crippen molar-refractivity contribution in [2.75, 3.05) is 6.61 Å². The Hall–Kier alpha value is -1.30. The first kappa shape index (κ1) is 16.1. The fourth-order valence-corrected chi connectivity index (χ4v) is 3.65. The molecule has 1 saturated carbocycles. The normalized spacial score (nSPS) is 17.3. The van der Waals surface area contributed by atoms with Crippen LogP contribution in [0.5, 0.6) is 0 Å². The Bertz CT molecular complexity index is 543. The number of thiophene rings is 1. The molecule has 0 aliphatic heterocycles. The Morgan fingerprint density at radius 2 is 2.10 bits per heavy atom. The molecule has 0 saturated heterocycles. The SMILES string of the molecule is CCOC(=O)c1c(C)csc1CC(=O)CC1CC(F)(F)C1. The molecule has 116 valence electrons. The number of ether oxygens (including phenoxy) is 1. The molecule has 0 radical (unpaired) electrons. The number of hydrogen-bond acceptors (Lipinski definition) is 4. The molecule has 0 amide bonds. The van der Waals surface area contributed by atoms with Crippen LogP contribution >= 0.6 is 11.3 Å². The van der Waals surface area contributed by atoms with Crippen LogP contribution in [0, 0.1) is 12.8 Å². The van der Waals surface area contributed by atoms with Crippen molar-refractivity contribution >= 4 is 23.1 Å². The molecule has 3 nitrogen and oxygen atoms in total. The third kappa shape index (κ3) is 3.87. The van der Waals surface area contributed by atoms with E-state index in [-0.39, 0.29) is 44.0 Å². The van der Waals surface area contributed by atoms with Crippen molar-refractivity contribution in [2.45, 2.75) is 45.5 Å². The summed E-state index contributed by atoms with van der Waals surface area (Å²) in [5, 5.41) is 1.81. The lowest BCUT2D eigenvalue weighted by molar-refractivity contribution is -0.131. The number of alkyl halides is 2. The molecule has 0 atom stereocenters. The summed E-state index contributed by atoms with van der Waals surface area (Å²) < 4.78 is 30.5. The maximum atomic E-state index is 12.8. The highest BCUT2D eigenvalue weighted by Gasteiger charge is 2.45. The van der Waals surface area contributed by atoms with E-state index in [1.807, 2.05) is 5.38 Å². The highest BCUT2D eigenvalue weighted by Crippen LogP contribution is 2.44. The molecule has 1 aromatic heterocycles. The summed E-state index contributed by atoms with van der Waals surface area (Å²) in [6, 6.07) is 0. The fraction of sp³-hybridized carbons (Fsp3) is 0.600. The number of esters is 1. The minimum absolute atomic E-state index is 0.0945. The lowest BCUT2D eigenvalue weighted by Crippen LogP contribution is -2.36. The first-order valence-electron chi connectivity index (χ1n) is 6.96. The van der Waals surface area contributed by atoms with Gasteiger partial charge in [0.2, 0.25) is 5.92 Å². The highest BCUT2D eigenvalue weighted by atomic mass is 32.1. The van der Waals surface area contributed by atoms with E-state index in [2.05, 4.69) is 0 Å². The number of rotatable bonds is 6. The Morgan fingerprint density at radius 3 is 2.67 bits per heavy atom. The molecule has 21 heavy (non-hydrogen) atoms. The predicted molar refractivity (Wildman–Crippen MR) is 76.0 cm³/mol. The maximum Gasteiger partial charge on any atom is 0.339 e. The zero-order valence-corrected chi connectivity index (χ0v) is 12.9. The van der Waals surface area contributed by atoms with Gasteiger partial charge in [-0.15, -0.1) is 11.3 Å². The monoisotopic (exact) mass is 316 g/mol. The van der Waals surface area contributed by atoms with Crippen molar-refractivity contribution < 1.29 is 23.1 Å². The minimum atomic E-state index is -2.60. The Labute approximate surface area is 126 Å². The number of carbonyl (C=O) groups is 2. The van der Waals surface area contributed by atoms with Gasteiger partial charge in [-0.2, -0.15) is 0 Å². The summed E-state index contributed by atoms with van der Waals surface area (Å²) >= 11 is 1.34. The Kier molecular flexibility index (Phi) is 4.76. The van der Waals surface area contributed by atoms with Crippen LogP contribution in [0.1, 0.15) is 47.0 Å². The summed E-state index contributed by atoms with van der Waals surface area (Å²) in [5.41, 5.74) is 1.24. The average molecular weight is 316 g/mol. The highest BCUT2D eigenvalue weighted by molar-refractivity contribution is 7.10. The zero-order valence-electron chi connectivity index (χ0n) is 12.1. The molecule has 0 bridgehead atoms. The predicted octanol–water partition coefficient (Wildman–Crippen LogP) is 3.78. The number of Topliss-reactive ketones (excluding diaryl/α,β-unsaturated/α-hetero) is 1. The van der Waals surface area contributed by atoms with Crippen LogP contribution in [0.3, 0.4) is 0 Å². The van der Waals surface area contributed by atoms with Crippen molar-refractivity contribution in [1.82, 2.24) is 0 Å². The van der Waals surface area contributed by atoms with E-state index in [9.17, 15) is 18.4 Å². The van der Waals surface area contributed by atoms with Gasteiger partial charge < -0.3 is 4.74 Å². The van der Waals surface area contributed by atoms with Crippen LogP contribution < -0.4 is 0 Å². The largest absolute Gasteiger partial charge is 0.462 e. The van der Waals surface area contributed by atoms with E-state index in [1.54, 1.807) is 13.8 Å².